The summed E-state index contributed by atoms with van der Waals surface area (Å²) in [6.45, 7) is 3.77. The molecule has 0 unspecified atom stereocenters. The summed E-state index contributed by atoms with van der Waals surface area (Å²) >= 11 is 0. The fraction of sp³-hybridized carbons (Fsp3) is 0.562. The number of hydrogen-bond donors (Lipinski definition) is 1. The molecular formula is C16H23NO3. The molecule has 0 radical (unpaired) electrons. The van der Waals surface area contributed by atoms with E-state index in [1.54, 1.807) is 7.11 Å². The molecule has 0 aromatic heterocycles. The van der Waals surface area contributed by atoms with Gasteiger partial charge in [0.1, 0.15) is 11.8 Å². The summed E-state index contributed by atoms with van der Waals surface area (Å²) in [7, 11) is 1.63. The van der Waals surface area contributed by atoms with E-state index in [1.807, 2.05) is 25.1 Å². The van der Waals surface area contributed by atoms with Crippen molar-refractivity contribution in [3.63, 3.8) is 0 Å². The van der Waals surface area contributed by atoms with Crippen molar-refractivity contribution < 1.29 is 14.6 Å². The van der Waals surface area contributed by atoms with E-state index in [-0.39, 0.29) is 0 Å². The van der Waals surface area contributed by atoms with Gasteiger partial charge in [-0.05, 0) is 44.5 Å². The highest BCUT2D eigenvalue weighted by Crippen LogP contribution is 2.24. The molecule has 2 rings (SSSR count). The van der Waals surface area contributed by atoms with Crippen molar-refractivity contribution in [3.8, 4) is 5.75 Å². The van der Waals surface area contributed by atoms with E-state index in [0.717, 1.165) is 42.8 Å². The summed E-state index contributed by atoms with van der Waals surface area (Å²) in [5.41, 5.74) is 2.11. The van der Waals surface area contributed by atoms with Crippen LogP contribution in [0.15, 0.2) is 18.2 Å². The molecule has 1 N–H and O–H groups in total. The van der Waals surface area contributed by atoms with Crippen LogP contribution in [0.5, 0.6) is 5.75 Å². The normalized spacial score (nSPS) is 17.7. The molecule has 0 saturated carbocycles. The quantitative estimate of drug-likeness (QED) is 0.898. The maximum atomic E-state index is 11.6. The maximum Gasteiger partial charge on any atom is 0.321 e. The van der Waals surface area contributed by atoms with E-state index in [4.69, 9.17) is 4.74 Å². The third-order valence-corrected chi connectivity index (χ3v) is 3.97. The van der Waals surface area contributed by atoms with Gasteiger partial charge in [-0.1, -0.05) is 24.1 Å². The number of aliphatic carboxylic acids is 1. The largest absolute Gasteiger partial charge is 0.496 e. The van der Waals surface area contributed by atoms with Crippen LogP contribution in [-0.2, 0) is 11.2 Å². The molecule has 4 nitrogen and oxygen atoms in total. The third kappa shape index (κ3) is 3.51. The predicted molar refractivity (Wildman–Crippen MR) is 78.3 cm³/mol. The number of carbonyl (C=O) groups is 1. The number of rotatable bonds is 5. The van der Waals surface area contributed by atoms with Gasteiger partial charge in [0.25, 0.3) is 0 Å². The van der Waals surface area contributed by atoms with Gasteiger partial charge in [-0.2, -0.15) is 0 Å². The van der Waals surface area contributed by atoms with E-state index in [9.17, 15) is 9.90 Å². The first-order chi connectivity index (χ1) is 9.61. The van der Waals surface area contributed by atoms with Crippen LogP contribution >= 0.6 is 0 Å². The van der Waals surface area contributed by atoms with E-state index < -0.39 is 12.0 Å². The zero-order valence-corrected chi connectivity index (χ0v) is 12.3. The second-order valence-corrected chi connectivity index (χ2v) is 5.47. The number of aryl methyl sites for hydroxylation is 1. The van der Waals surface area contributed by atoms with Crippen LogP contribution < -0.4 is 4.74 Å². The van der Waals surface area contributed by atoms with Gasteiger partial charge >= 0.3 is 5.97 Å². The number of benzene rings is 1. The van der Waals surface area contributed by atoms with Crippen molar-refractivity contribution in [1.82, 2.24) is 4.90 Å². The molecule has 20 heavy (non-hydrogen) atoms. The lowest BCUT2D eigenvalue weighted by Gasteiger charge is -2.32. The zero-order valence-electron chi connectivity index (χ0n) is 12.3. The van der Waals surface area contributed by atoms with Gasteiger partial charge < -0.3 is 9.84 Å². The molecule has 4 heteroatoms. The Morgan fingerprint density at radius 2 is 2.05 bits per heavy atom. The second kappa shape index (κ2) is 6.75. The minimum Gasteiger partial charge on any atom is -0.496 e. The zero-order chi connectivity index (χ0) is 14.5. The number of ether oxygens (including phenoxy) is 1. The number of likely N-dealkylation sites (tertiary alicyclic amines) is 1. The number of carboxylic acids is 1. The Morgan fingerprint density at radius 3 is 2.65 bits per heavy atom. The van der Waals surface area contributed by atoms with Crippen LogP contribution in [0.2, 0.25) is 0 Å². The molecule has 110 valence electrons. The lowest BCUT2D eigenvalue weighted by Crippen LogP contribution is -2.45. The summed E-state index contributed by atoms with van der Waals surface area (Å²) in [5, 5.41) is 9.54. The van der Waals surface area contributed by atoms with Gasteiger partial charge in [-0.15, -0.1) is 0 Å². The van der Waals surface area contributed by atoms with Crippen LogP contribution in [0.4, 0.5) is 0 Å². The van der Waals surface area contributed by atoms with Crippen LogP contribution in [0.1, 0.15) is 30.4 Å². The van der Waals surface area contributed by atoms with Crippen molar-refractivity contribution in [2.24, 2.45) is 0 Å². The van der Waals surface area contributed by atoms with E-state index >= 15 is 0 Å². The Balaban J connectivity index is 2.19. The summed E-state index contributed by atoms with van der Waals surface area (Å²) < 4.78 is 5.36. The smallest absolute Gasteiger partial charge is 0.321 e. The molecule has 1 aliphatic heterocycles. The van der Waals surface area contributed by atoms with Crippen LogP contribution in [0.25, 0.3) is 0 Å². The highest BCUT2D eigenvalue weighted by Gasteiger charge is 2.27. The van der Waals surface area contributed by atoms with Gasteiger partial charge in [0.15, 0.2) is 0 Å². The molecular weight excluding hydrogens is 254 g/mol. The molecule has 0 spiro atoms. The molecule has 1 aliphatic rings. The summed E-state index contributed by atoms with van der Waals surface area (Å²) in [5.74, 6) is 0.0364. The summed E-state index contributed by atoms with van der Waals surface area (Å²) in [6, 6.07) is 5.48. The first-order valence-electron chi connectivity index (χ1n) is 7.22. The van der Waals surface area contributed by atoms with Crippen LogP contribution in [0, 0.1) is 6.92 Å². The Bertz CT molecular complexity index is 467. The van der Waals surface area contributed by atoms with Gasteiger partial charge in [-0.25, -0.2) is 0 Å². The van der Waals surface area contributed by atoms with Crippen molar-refractivity contribution in [2.75, 3.05) is 20.2 Å². The summed E-state index contributed by atoms with van der Waals surface area (Å²) in [6.07, 6.45) is 3.89. The summed E-state index contributed by atoms with van der Waals surface area (Å²) in [4.78, 5) is 13.7. The number of carboxylic acid groups (broad SMARTS) is 1. The highest BCUT2D eigenvalue weighted by atomic mass is 16.5. The van der Waals surface area contributed by atoms with Crippen molar-refractivity contribution in [3.05, 3.63) is 29.3 Å². The Labute approximate surface area is 120 Å². The average Bonchev–Trinajstić information content (AvgIpc) is 2.45. The van der Waals surface area contributed by atoms with Gasteiger partial charge in [-0.3, -0.25) is 9.69 Å². The number of nitrogens with zero attached hydrogens (tertiary/aromatic N) is 1. The topological polar surface area (TPSA) is 49.8 Å². The van der Waals surface area contributed by atoms with E-state index in [2.05, 4.69) is 4.90 Å². The second-order valence-electron chi connectivity index (χ2n) is 5.47. The first kappa shape index (κ1) is 14.9. The Kier molecular flexibility index (Phi) is 5.01. The fourth-order valence-corrected chi connectivity index (χ4v) is 2.88. The molecule has 1 heterocycles. The van der Waals surface area contributed by atoms with Crippen molar-refractivity contribution in [2.45, 2.75) is 38.6 Å². The monoisotopic (exact) mass is 277 g/mol. The van der Waals surface area contributed by atoms with Gasteiger partial charge in [0.2, 0.25) is 0 Å². The molecule has 1 aromatic rings. The standard InChI is InChI=1S/C16H23NO3/c1-12-6-7-15(20-2)13(10-12)11-14(16(18)19)17-8-4-3-5-9-17/h6-7,10,14H,3-5,8-9,11H2,1-2H3,(H,18,19)/t14-/m1/s1. The lowest BCUT2D eigenvalue weighted by atomic mass is 9.99. The Hall–Kier alpha value is -1.55. The highest BCUT2D eigenvalue weighted by molar-refractivity contribution is 5.74. The predicted octanol–water partition coefficient (Wildman–Crippen LogP) is 2.49. The van der Waals surface area contributed by atoms with Crippen molar-refractivity contribution >= 4 is 5.97 Å². The lowest BCUT2D eigenvalue weighted by molar-refractivity contribution is -0.143. The van der Waals surface area contributed by atoms with Crippen molar-refractivity contribution in [1.29, 1.82) is 0 Å². The molecule has 1 aromatic carbocycles. The molecule has 0 bridgehead atoms. The fourth-order valence-electron chi connectivity index (χ4n) is 2.88. The SMILES string of the molecule is COc1ccc(C)cc1C[C@H](C(=O)O)N1CCCCC1. The average molecular weight is 277 g/mol. The molecule has 0 amide bonds. The minimum atomic E-state index is -0.740. The molecule has 1 atom stereocenters. The third-order valence-electron chi connectivity index (χ3n) is 3.97. The van der Waals surface area contributed by atoms with Gasteiger partial charge in [0, 0.05) is 6.42 Å². The van der Waals surface area contributed by atoms with Gasteiger partial charge in [0.05, 0.1) is 7.11 Å². The Morgan fingerprint density at radius 1 is 1.35 bits per heavy atom. The van der Waals surface area contributed by atoms with Crippen LogP contribution in [-0.4, -0.2) is 42.2 Å². The molecule has 0 aliphatic carbocycles. The molecule has 1 saturated heterocycles. The first-order valence-corrected chi connectivity index (χ1v) is 7.22. The number of methoxy groups -OCH3 is 1. The number of hydrogen-bond acceptors (Lipinski definition) is 3. The molecule has 1 fully saturated rings. The van der Waals surface area contributed by atoms with E-state index in [0.29, 0.717) is 6.42 Å². The minimum absolute atomic E-state index is 0.453. The number of piperidine rings is 1. The maximum absolute atomic E-state index is 11.6. The van der Waals surface area contributed by atoms with E-state index in [1.165, 1.54) is 6.42 Å². The van der Waals surface area contributed by atoms with Crippen LogP contribution in [0.3, 0.4) is 0 Å².